The third-order valence-electron chi connectivity index (χ3n) is 2.64. The van der Waals surface area contributed by atoms with Crippen molar-refractivity contribution >= 4 is 21.6 Å². The second kappa shape index (κ2) is 4.89. The Morgan fingerprint density at radius 3 is 2.94 bits per heavy atom. The molecule has 0 spiro atoms. The lowest BCUT2D eigenvalue weighted by Gasteiger charge is -2.11. The largest absolute Gasteiger partial charge is 0.398 e. The van der Waals surface area contributed by atoms with Crippen LogP contribution in [0.15, 0.2) is 33.7 Å². The summed E-state index contributed by atoms with van der Waals surface area (Å²) in [5.41, 5.74) is 6.55. The van der Waals surface area contributed by atoms with Crippen LogP contribution in [-0.2, 0) is 6.54 Å². The van der Waals surface area contributed by atoms with Gasteiger partial charge in [-0.05, 0) is 46.6 Å². The summed E-state index contributed by atoms with van der Waals surface area (Å²) in [6.07, 6.45) is 1.45. The Bertz CT molecular complexity index is 654. The Morgan fingerprint density at radius 2 is 2.22 bits per heavy atom. The van der Waals surface area contributed by atoms with Gasteiger partial charge in [-0.2, -0.15) is 0 Å². The Morgan fingerprint density at radius 1 is 1.50 bits per heavy atom. The maximum atomic E-state index is 13.2. The van der Waals surface area contributed by atoms with Gasteiger partial charge in [0.2, 0.25) is 0 Å². The summed E-state index contributed by atoms with van der Waals surface area (Å²) in [5.74, 6) is 0.166. The van der Waals surface area contributed by atoms with Gasteiger partial charge < -0.3 is 5.73 Å². The van der Waals surface area contributed by atoms with E-state index in [0.717, 1.165) is 0 Å². The average molecular weight is 312 g/mol. The molecule has 18 heavy (non-hydrogen) atoms. The van der Waals surface area contributed by atoms with Crippen molar-refractivity contribution in [2.75, 3.05) is 5.73 Å². The Balaban J connectivity index is 2.49. The normalized spacial score (nSPS) is 10.6. The zero-order chi connectivity index (χ0) is 13.3. The fourth-order valence-corrected chi connectivity index (χ4v) is 1.94. The highest BCUT2D eigenvalue weighted by atomic mass is 79.9. The molecule has 0 aliphatic rings. The number of aryl methyl sites for hydroxylation is 1. The molecule has 0 unspecified atom stereocenters. The Hall–Kier alpha value is -1.69. The van der Waals surface area contributed by atoms with E-state index in [2.05, 4.69) is 20.9 Å². The van der Waals surface area contributed by atoms with Crippen LogP contribution in [0, 0.1) is 12.7 Å². The molecular formula is C12H11BrFN3O. The first-order valence-corrected chi connectivity index (χ1v) is 6.04. The van der Waals surface area contributed by atoms with Crippen LogP contribution >= 0.6 is 15.9 Å². The first-order valence-electron chi connectivity index (χ1n) is 5.25. The number of aromatic nitrogens is 2. The molecule has 0 fully saturated rings. The third-order valence-corrected chi connectivity index (χ3v) is 3.18. The van der Waals surface area contributed by atoms with Crippen molar-refractivity contribution in [2.24, 2.45) is 0 Å². The topological polar surface area (TPSA) is 60.9 Å². The zero-order valence-corrected chi connectivity index (χ0v) is 11.2. The molecule has 1 heterocycles. The van der Waals surface area contributed by atoms with E-state index in [0.29, 0.717) is 21.5 Å². The molecule has 2 aromatic rings. The molecular weight excluding hydrogens is 301 g/mol. The number of anilines is 1. The van der Waals surface area contributed by atoms with E-state index in [1.54, 1.807) is 6.92 Å². The lowest BCUT2D eigenvalue weighted by molar-refractivity contribution is 0.621. The summed E-state index contributed by atoms with van der Waals surface area (Å²) in [6.45, 7) is 1.91. The molecule has 1 aromatic heterocycles. The first kappa shape index (κ1) is 12.8. The fourth-order valence-electron chi connectivity index (χ4n) is 1.62. The minimum absolute atomic E-state index is 0.195. The van der Waals surface area contributed by atoms with Crippen LogP contribution < -0.4 is 11.3 Å². The van der Waals surface area contributed by atoms with Gasteiger partial charge >= 0.3 is 0 Å². The van der Waals surface area contributed by atoms with Gasteiger partial charge in [-0.25, -0.2) is 9.37 Å². The molecule has 0 radical (unpaired) electrons. The van der Waals surface area contributed by atoms with Crippen molar-refractivity contribution in [2.45, 2.75) is 13.5 Å². The number of hydrogen-bond acceptors (Lipinski definition) is 3. The van der Waals surface area contributed by atoms with Gasteiger partial charge in [0.15, 0.2) is 0 Å². The predicted octanol–water partition coefficient (Wildman–Crippen LogP) is 2.08. The second-order valence-electron chi connectivity index (χ2n) is 3.89. The van der Waals surface area contributed by atoms with Crippen molar-refractivity contribution in [3.8, 4) is 0 Å². The molecule has 0 amide bonds. The summed E-state index contributed by atoms with van der Waals surface area (Å²) in [4.78, 5) is 16.0. The van der Waals surface area contributed by atoms with Gasteiger partial charge in [-0.15, -0.1) is 0 Å². The van der Waals surface area contributed by atoms with E-state index in [4.69, 9.17) is 5.73 Å². The molecule has 94 valence electrons. The summed E-state index contributed by atoms with van der Waals surface area (Å²) < 4.78 is 15.0. The summed E-state index contributed by atoms with van der Waals surface area (Å²) in [6, 6.07) is 4.09. The summed E-state index contributed by atoms with van der Waals surface area (Å²) in [7, 11) is 0. The third kappa shape index (κ3) is 2.43. The lowest BCUT2D eigenvalue weighted by Crippen LogP contribution is -2.25. The molecule has 0 saturated heterocycles. The van der Waals surface area contributed by atoms with Crippen molar-refractivity contribution in [3.05, 3.63) is 56.4 Å². The molecule has 0 atom stereocenters. The predicted molar refractivity (Wildman–Crippen MR) is 70.8 cm³/mol. The Labute approximate surface area is 111 Å². The Kier molecular flexibility index (Phi) is 3.47. The van der Waals surface area contributed by atoms with E-state index < -0.39 is 0 Å². The van der Waals surface area contributed by atoms with Crippen molar-refractivity contribution in [1.29, 1.82) is 0 Å². The standard InChI is InChI=1S/C12H11BrFN3O/c1-7-16-5-10(13)12(18)17(7)6-8-4-9(14)2-3-11(8)15/h2-5H,6,15H2,1H3. The van der Waals surface area contributed by atoms with Crippen molar-refractivity contribution in [3.63, 3.8) is 0 Å². The minimum atomic E-state index is -0.382. The molecule has 2 rings (SSSR count). The van der Waals surface area contributed by atoms with Gasteiger partial charge in [0.25, 0.3) is 5.56 Å². The highest BCUT2D eigenvalue weighted by Crippen LogP contribution is 2.15. The second-order valence-corrected chi connectivity index (χ2v) is 4.74. The molecule has 0 aliphatic heterocycles. The smallest absolute Gasteiger partial charge is 0.268 e. The van der Waals surface area contributed by atoms with Gasteiger partial charge in [0.05, 0.1) is 6.54 Å². The van der Waals surface area contributed by atoms with Crippen LogP contribution in [0.5, 0.6) is 0 Å². The highest BCUT2D eigenvalue weighted by molar-refractivity contribution is 9.10. The van der Waals surface area contributed by atoms with E-state index in [1.165, 1.54) is 29.0 Å². The van der Waals surface area contributed by atoms with Crippen LogP contribution in [0.4, 0.5) is 10.1 Å². The van der Waals surface area contributed by atoms with E-state index in [1.807, 2.05) is 0 Å². The van der Waals surface area contributed by atoms with Crippen molar-refractivity contribution < 1.29 is 4.39 Å². The molecule has 0 bridgehead atoms. The van der Waals surface area contributed by atoms with E-state index in [9.17, 15) is 9.18 Å². The molecule has 2 N–H and O–H groups in total. The number of nitrogens with zero attached hydrogens (tertiary/aromatic N) is 2. The lowest BCUT2D eigenvalue weighted by atomic mass is 10.1. The fraction of sp³-hybridized carbons (Fsp3) is 0.167. The maximum absolute atomic E-state index is 13.2. The molecule has 6 heteroatoms. The number of benzene rings is 1. The number of nitrogens with two attached hydrogens (primary N) is 1. The molecule has 4 nitrogen and oxygen atoms in total. The minimum Gasteiger partial charge on any atom is -0.398 e. The maximum Gasteiger partial charge on any atom is 0.268 e. The number of halogens is 2. The summed E-state index contributed by atoms with van der Waals surface area (Å²) in [5, 5.41) is 0. The van der Waals surface area contributed by atoms with Crippen molar-refractivity contribution in [1.82, 2.24) is 9.55 Å². The van der Waals surface area contributed by atoms with Crippen LogP contribution in [0.25, 0.3) is 0 Å². The summed E-state index contributed by atoms with van der Waals surface area (Å²) >= 11 is 3.13. The van der Waals surface area contributed by atoms with Gasteiger partial charge in [0, 0.05) is 11.9 Å². The highest BCUT2D eigenvalue weighted by Gasteiger charge is 2.08. The van der Waals surface area contributed by atoms with Crippen LogP contribution in [0.3, 0.4) is 0 Å². The molecule has 1 aromatic carbocycles. The van der Waals surface area contributed by atoms with E-state index in [-0.39, 0.29) is 17.9 Å². The quantitative estimate of drug-likeness (QED) is 0.864. The van der Waals surface area contributed by atoms with Gasteiger partial charge in [-0.1, -0.05) is 0 Å². The first-order chi connectivity index (χ1) is 8.49. The number of rotatable bonds is 2. The van der Waals surface area contributed by atoms with E-state index >= 15 is 0 Å². The average Bonchev–Trinajstić information content (AvgIpc) is 2.34. The van der Waals surface area contributed by atoms with Gasteiger partial charge in [-0.3, -0.25) is 9.36 Å². The van der Waals surface area contributed by atoms with Gasteiger partial charge in [0.1, 0.15) is 16.1 Å². The zero-order valence-electron chi connectivity index (χ0n) is 9.65. The van der Waals surface area contributed by atoms with Crippen LogP contribution in [0.2, 0.25) is 0 Å². The number of nitrogen functional groups attached to an aromatic ring is 1. The SMILES string of the molecule is Cc1ncc(Br)c(=O)n1Cc1cc(F)ccc1N. The van der Waals surface area contributed by atoms with Crippen LogP contribution in [0.1, 0.15) is 11.4 Å². The molecule has 0 saturated carbocycles. The molecule has 0 aliphatic carbocycles. The monoisotopic (exact) mass is 311 g/mol. The number of hydrogen-bond donors (Lipinski definition) is 1. The van der Waals surface area contributed by atoms with Crippen LogP contribution in [-0.4, -0.2) is 9.55 Å².